The molecule has 1 aromatic carbocycles. The van der Waals surface area contributed by atoms with Crippen LogP contribution in [0.15, 0.2) is 18.2 Å². The van der Waals surface area contributed by atoms with Crippen molar-refractivity contribution in [1.82, 2.24) is 4.90 Å². The summed E-state index contributed by atoms with van der Waals surface area (Å²) in [5.74, 6) is -0.642. The van der Waals surface area contributed by atoms with Crippen molar-refractivity contribution in [2.75, 3.05) is 24.2 Å². The number of nitrogens with zero attached hydrogens (tertiary/aromatic N) is 1. The predicted molar refractivity (Wildman–Crippen MR) is 75.7 cm³/mol. The first kappa shape index (κ1) is 14.7. The van der Waals surface area contributed by atoms with E-state index in [4.69, 9.17) is 10.8 Å². The van der Waals surface area contributed by atoms with Gasteiger partial charge < -0.3 is 16.2 Å². The van der Waals surface area contributed by atoms with Gasteiger partial charge in [0.25, 0.3) is 0 Å². The van der Waals surface area contributed by atoms with Gasteiger partial charge in [-0.25, -0.2) is 4.39 Å². The first-order chi connectivity index (χ1) is 9.52. The van der Waals surface area contributed by atoms with E-state index >= 15 is 0 Å². The lowest BCUT2D eigenvalue weighted by Gasteiger charge is -2.27. The Bertz CT molecular complexity index is 491. The molecule has 4 N–H and O–H groups in total. The molecule has 1 aliphatic rings. The molecule has 0 heterocycles. The Hall–Kier alpha value is -1.66. The molecule has 0 aromatic heterocycles. The average Bonchev–Trinajstić information content (AvgIpc) is 3.22. The molecule has 1 saturated carbocycles. The van der Waals surface area contributed by atoms with Crippen LogP contribution in [-0.4, -0.2) is 41.1 Å². The minimum atomic E-state index is -0.437. The summed E-state index contributed by atoms with van der Waals surface area (Å²) in [7, 11) is 0. The first-order valence-electron chi connectivity index (χ1n) is 6.75. The molecule has 5 nitrogen and oxygen atoms in total. The lowest BCUT2D eigenvalue weighted by molar-refractivity contribution is -0.121. The number of nitrogens with one attached hydrogen (secondary N) is 1. The molecule has 0 saturated heterocycles. The number of anilines is 2. The Balaban J connectivity index is 2.02. The predicted octanol–water partition coefficient (Wildman–Crippen LogP) is 1.19. The van der Waals surface area contributed by atoms with E-state index in [1.165, 1.54) is 18.2 Å². The molecule has 20 heavy (non-hydrogen) atoms. The minimum absolute atomic E-state index is 0.0206. The number of aliphatic hydroxyl groups is 1. The molecule has 0 aliphatic heterocycles. The maximum Gasteiger partial charge on any atom is 0.241 e. The quantitative estimate of drug-likeness (QED) is 0.684. The monoisotopic (exact) mass is 281 g/mol. The van der Waals surface area contributed by atoms with Crippen LogP contribution in [-0.2, 0) is 4.79 Å². The van der Waals surface area contributed by atoms with E-state index in [0.717, 1.165) is 12.8 Å². The van der Waals surface area contributed by atoms with E-state index in [9.17, 15) is 9.18 Å². The van der Waals surface area contributed by atoms with Gasteiger partial charge in [-0.1, -0.05) is 0 Å². The van der Waals surface area contributed by atoms with Crippen molar-refractivity contribution >= 4 is 17.3 Å². The van der Waals surface area contributed by atoms with E-state index in [1.807, 2.05) is 4.90 Å². The third-order valence-electron chi connectivity index (χ3n) is 3.52. The van der Waals surface area contributed by atoms with Gasteiger partial charge in [0.05, 0.1) is 24.0 Å². The molecular formula is C14H20FN3O2. The van der Waals surface area contributed by atoms with Crippen LogP contribution in [0.1, 0.15) is 19.8 Å². The van der Waals surface area contributed by atoms with Gasteiger partial charge in [-0.15, -0.1) is 0 Å². The van der Waals surface area contributed by atoms with Gasteiger partial charge in [-0.05, 0) is 38.0 Å². The summed E-state index contributed by atoms with van der Waals surface area (Å²) < 4.78 is 13.0. The molecule has 1 unspecified atom stereocenters. The number of carbonyl (C=O) groups is 1. The fourth-order valence-electron chi connectivity index (χ4n) is 2.25. The maximum absolute atomic E-state index is 13.0. The maximum atomic E-state index is 13.0. The lowest BCUT2D eigenvalue weighted by Crippen LogP contribution is -2.44. The normalized spacial score (nSPS) is 16.2. The highest BCUT2D eigenvalue weighted by Gasteiger charge is 2.34. The molecule has 1 atom stereocenters. The van der Waals surface area contributed by atoms with Gasteiger partial charge in [0, 0.05) is 12.6 Å². The molecule has 1 aliphatic carbocycles. The highest BCUT2D eigenvalue weighted by atomic mass is 19.1. The number of halogens is 1. The minimum Gasteiger partial charge on any atom is -0.397 e. The van der Waals surface area contributed by atoms with Gasteiger partial charge >= 0.3 is 0 Å². The summed E-state index contributed by atoms with van der Waals surface area (Å²) >= 11 is 0. The van der Waals surface area contributed by atoms with E-state index < -0.39 is 5.82 Å². The molecule has 0 radical (unpaired) electrons. The highest BCUT2D eigenvalue weighted by Crippen LogP contribution is 2.29. The van der Waals surface area contributed by atoms with Gasteiger partial charge in [-0.3, -0.25) is 9.69 Å². The third-order valence-corrected chi connectivity index (χ3v) is 3.52. The lowest BCUT2D eigenvalue weighted by atomic mass is 10.2. The van der Waals surface area contributed by atoms with E-state index in [1.54, 1.807) is 6.92 Å². The smallest absolute Gasteiger partial charge is 0.241 e. The molecule has 1 amide bonds. The van der Waals surface area contributed by atoms with Crippen LogP contribution in [0.25, 0.3) is 0 Å². The summed E-state index contributed by atoms with van der Waals surface area (Å²) in [5, 5.41) is 11.8. The number of hydrogen-bond acceptors (Lipinski definition) is 4. The standard InChI is InChI=1S/C14H20FN3O2/c1-9(18(6-7-19)11-3-4-11)14(20)17-13-5-2-10(15)8-12(13)16/h2,5,8-9,11,19H,3-4,6-7,16H2,1H3,(H,17,20). The zero-order valence-corrected chi connectivity index (χ0v) is 11.5. The molecule has 0 bridgehead atoms. The number of carbonyl (C=O) groups excluding carboxylic acids is 1. The van der Waals surface area contributed by atoms with Crippen LogP contribution in [0.5, 0.6) is 0 Å². The van der Waals surface area contributed by atoms with Crippen LogP contribution in [0.4, 0.5) is 15.8 Å². The molecule has 1 aromatic rings. The van der Waals surface area contributed by atoms with Crippen molar-refractivity contribution < 1.29 is 14.3 Å². The Morgan fingerprint density at radius 2 is 2.30 bits per heavy atom. The topological polar surface area (TPSA) is 78.6 Å². The van der Waals surface area contributed by atoms with E-state index in [-0.39, 0.29) is 24.2 Å². The SMILES string of the molecule is CC(C(=O)Nc1ccc(F)cc1N)N(CCO)C1CC1. The number of nitrogens with two attached hydrogens (primary N) is 1. The van der Waals surface area contributed by atoms with Crippen molar-refractivity contribution in [3.05, 3.63) is 24.0 Å². The van der Waals surface area contributed by atoms with E-state index in [0.29, 0.717) is 18.3 Å². The van der Waals surface area contributed by atoms with Gasteiger partial charge in [0.2, 0.25) is 5.91 Å². The number of aliphatic hydroxyl groups excluding tert-OH is 1. The number of nitrogen functional groups attached to an aromatic ring is 1. The van der Waals surface area contributed by atoms with Crippen molar-refractivity contribution in [3.8, 4) is 0 Å². The summed E-state index contributed by atoms with van der Waals surface area (Å²) in [4.78, 5) is 14.2. The average molecular weight is 281 g/mol. The summed E-state index contributed by atoms with van der Waals surface area (Å²) in [6.45, 7) is 2.29. The van der Waals surface area contributed by atoms with E-state index in [2.05, 4.69) is 5.32 Å². The second-order valence-electron chi connectivity index (χ2n) is 5.09. The highest BCUT2D eigenvalue weighted by molar-refractivity contribution is 5.97. The molecular weight excluding hydrogens is 261 g/mol. The number of hydrogen-bond donors (Lipinski definition) is 3. The molecule has 110 valence electrons. The van der Waals surface area contributed by atoms with Gasteiger partial charge in [-0.2, -0.15) is 0 Å². The van der Waals surface area contributed by atoms with Crippen LogP contribution in [0.2, 0.25) is 0 Å². The van der Waals surface area contributed by atoms with Crippen LogP contribution >= 0.6 is 0 Å². The summed E-state index contributed by atoms with van der Waals surface area (Å²) in [5.41, 5.74) is 6.27. The number of rotatable bonds is 6. The van der Waals surface area contributed by atoms with Crippen LogP contribution in [0, 0.1) is 5.82 Å². The fourth-order valence-corrected chi connectivity index (χ4v) is 2.25. The number of benzene rings is 1. The summed E-state index contributed by atoms with van der Waals surface area (Å²) in [6.07, 6.45) is 2.10. The largest absolute Gasteiger partial charge is 0.397 e. The Labute approximate surface area is 117 Å². The van der Waals surface area contributed by atoms with Crippen molar-refractivity contribution in [3.63, 3.8) is 0 Å². The molecule has 6 heteroatoms. The van der Waals surface area contributed by atoms with Crippen LogP contribution < -0.4 is 11.1 Å². The summed E-state index contributed by atoms with van der Waals surface area (Å²) in [6, 6.07) is 3.88. The zero-order valence-electron chi connectivity index (χ0n) is 11.5. The molecule has 2 rings (SSSR count). The second kappa shape index (κ2) is 6.19. The zero-order chi connectivity index (χ0) is 14.7. The van der Waals surface area contributed by atoms with Crippen LogP contribution in [0.3, 0.4) is 0 Å². The Kier molecular flexibility index (Phi) is 4.57. The molecule has 0 spiro atoms. The van der Waals surface area contributed by atoms with Crippen molar-refractivity contribution in [1.29, 1.82) is 0 Å². The first-order valence-corrected chi connectivity index (χ1v) is 6.75. The fraction of sp³-hybridized carbons (Fsp3) is 0.500. The van der Waals surface area contributed by atoms with Crippen molar-refractivity contribution in [2.45, 2.75) is 31.8 Å². The van der Waals surface area contributed by atoms with Gasteiger partial charge in [0.1, 0.15) is 5.82 Å². The number of amides is 1. The van der Waals surface area contributed by atoms with Gasteiger partial charge in [0.15, 0.2) is 0 Å². The second-order valence-corrected chi connectivity index (χ2v) is 5.09. The molecule has 1 fully saturated rings. The Morgan fingerprint density at radius 3 is 2.85 bits per heavy atom. The van der Waals surface area contributed by atoms with Crippen molar-refractivity contribution in [2.24, 2.45) is 0 Å². The Morgan fingerprint density at radius 1 is 1.60 bits per heavy atom. The third kappa shape index (κ3) is 3.46.